The summed E-state index contributed by atoms with van der Waals surface area (Å²) >= 11 is 5.79. The second-order valence-corrected chi connectivity index (χ2v) is 6.33. The molecular weight excluding hydrogens is 268 g/mol. The smallest absolute Gasteiger partial charge is 0.313 e. The Morgan fingerprint density at radius 2 is 2.00 bits per heavy atom. The van der Waals surface area contributed by atoms with Crippen molar-refractivity contribution >= 4 is 27.4 Å². The molecule has 1 aromatic heterocycles. The average molecular weight is 279 g/mol. The van der Waals surface area contributed by atoms with Crippen LogP contribution in [0.3, 0.4) is 0 Å². The van der Waals surface area contributed by atoms with Crippen LogP contribution >= 0.6 is 11.6 Å². The third-order valence-corrected chi connectivity index (χ3v) is 3.41. The first kappa shape index (κ1) is 13.9. The van der Waals surface area contributed by atoms with Crippen LogP contribution in [-0.4, -0.2) is 35.7 Å². The fourth-order valence-electron chi connectivity index (χ4n) is 1.06. The lowest BCUT2D eigenvalue weighted by molar-refractivity contribution is -0.142. The van der Waals surface area contributed by atoms with E-state index >= 15 is 0 Å². The van der Waals surface area contributed by atoms with Crippen molar-refractivity contribution in [1.29, 1.82) is 0 Å². The van der Waals surface area contributed by atoms with Crippen molar-refractivity contribution in [3.05, 3.63) is 16.9 Å². The summed E-state index contributed by atoms with van der Waals surface area (Å²) in [5.41, 5.74) is -1.12. The maximum Gasteiger partial charge on any atom is 0.313 e. The van der Waals surface area contributed by atoms with Crippen LogP contribution < -0.4 is 0 Å². The predicted octanol–water partition coefficient (Wildman–Crippen LogP) is 0.896. The SMILES string of the molecule is CC(C)(C(=O)O)c1cnc(S(C)(=O)=O)nc1Cl. The van der Waals surface area contributed by atoms with Gasteiger partial charge in [-0.3, -0.25) is 4.79 Å². The number of sulfone groups is 1. The number of carboxylic acids is 1. The Morgan fingerprint density at radius 1 is 1.47 bits per heavy atom. The molecule has 0 saturated heterocycles. The van der Waals surface area contributed by atoms with Gasteiger partial charge < -0.3 is 5.11 Å². The molecule has 0 bridgehead atoms. The van der Waals surface area contributed by atoms with E-state index in [9.17, 15) is 13.2 Å². The second-order valence-electron chi connectivity index (χ2n) is 4.06. The number of hydrogen-bond donors (Lipinski definition) is 1. The summed E-state index contributed by atoms with van der Waals surface area (Å²) in [7, 11) is -3.56. The van der Waals surface area contributed by atoms with Gasteiger partial charge in [0.05, 0.1) is 5.41 Å². The van der Waals surface area contributed by atoms with Gasteiger partial charge in [0.1, 0.15) is 5.15 Å². The minimum atomic E-state index is -3.56. The minimum absolute atomic E-state index is 0.166. The lowest BCUT2D eigenvalue weighted by Gasteiger charge is -2.19. The van der Waals surface area contributed by atoms with E-state index in [1.807, 2.05) is 0 Å². The van der Waals surface area contributed by atoms with Crippen LogP contribution in [0.15, 0.2) is 11.4 Å². The van der Waals surface area contributed by atoms with Gasteiger partial charge >= 0.3 is 5.97 Å². The van der Waals surface area contributed by atoms with Gasteiger partial charge in [-0.25, -0.2) is 18.4 Å². The number of carbonyl (C=O) groups is 1. The number of halogens is 1. The van der Waals surface area contributed by atoms with Crippen LogP contribution in [-0.2, 0) is 20.0 Å². The second kappa shape index (κ2) is 4.23. The maximum atomic E-state index is 11.2. The predicted molar refractivity (Wildman–Crippen MR) is 60.8 cm³/mol. The number of nitrogens with zero attached hydrogens (tertiary/aromatic N) is 2. The molecule has 1 N–H and O–H groups in total. The lowest BCUT2D eigenvalue weighted by Crippen LogP contribution is -2.29. The van der Waals surface area contributed by atoms with Gasteiger partial charge in [0, 0.05) is 18.0 Å². The molecule has 0 aliphatic heterocycles. The molecule has 0 amide bonds. The molecule has 0 spiro atoms. The monoisotopic (exact) mass is 278 g/mol. The molecule has 1 aromatic rings. The van der Waals surface area contributed by atoms with E-state index in [0.29, 0.717) is 0 Å². The molecule has 8 heteroatoms. The first-order chi connectivity index (χ1) is 7.56. The molecule has 0 fully saturated rings. The van der Waals surface area contributed by atoms with Gasteiger partial charge in [-0.2, -0.15) is 0 Å². The minimum Gasteiger partial charge on any atom is -0.481 e. The van der Waals surface area contributed by atoms with Crippen molar-refractivity contribution in [1.82, 2.24) is 9.97 Å². The average Bonchev–Trinajstić information content (AvgIpc) is 2.15. The number of hydrogen-bond acceptors (Lipinski definition) is 5. The Bertz CT molecular complexity index is 568. The van der Waals surface area contributed by atoms with E-state index in [2.05, 4.69) is 9.97 Å². The summed E-state index contributed by atoms with van der Waals surface area (Å²) in [6.07, 6.45) is 2.07. The Morgan fingerprint density at radius 3 is 2.35 bits per heavy atom. The Balaban J connectivity index is 3.39. The Kier molecular flexibility index (Phi) is 3.45. The van der Waals surface area contributed by atoms with E-state index in [-0.39, 0.29) is 10.7 Å². The molecule has 94 valence electrons. The first-order valence-corrected chi connectivity index (χ1v) is 6.80. The van der Waals surface area contributed by atoms with Crippen molar-refractivity contribution in [2.75, 3.05) is 6.26 Å². The van der Waals surface area contributed by atoms with Crippen LogP contribution in [0, 0.1) is 0 Å². The Hall–Kier alpha value is -1.21. The fourth-order valence-corrected chi connectivity index (χ4v) is 1.98. The number of aromatic nitrogens is 2. The zero-order valence-corrected chi connectivity index (χ0v) is 11.0. The van der Waals surface area contributed by atoms with Crippen LogP contribution in [0.25, 0.3) is 0 Å². The standard InChI is InChI=1S/C9H11ClN2O4S/c1-9(2,7(13)14)5-4-11-8(12-6(5)10)17(3,15)16/h4H,1-3H3,(H,13,14). The van der Waals surface area contributed by atoms with Crippen LogP contribution in [0.5, 0.6) is 0 Å². The first-order valence-electron chi connectivity index (χ1n) is 4.53. The van der Waals surface area contributed by atoms with Crippen LogP contribution in [0.2, 0.25) is 5.15 Å². The molecular formula is C9H11ClN2O4S. The quantitative estimate of drug-likeness (QED) is 0.651. The molecule has 1 rings (SSSR count). The summed E-state index contributed by atoms with van der Waals surface area (Å²) in [6, 6.07) is 0. The molecule has 17 heavy (non-hydrogen) atoms. The third-order valence-electron chi connectivity index (χ3n) is 2.26. The van der Waals surface area contributed by atoms with Gasteiger partial charge in [-0.1, -0.05) is 11.6 Å². The van der Waals surface area contributed by atoms with E-state index in [1.165, 1.54) is 13.8 Å². The van der Waals surface area contributed by atoms with Gasteiger partial charge in [0.15, 0.2) is 0 Å². The maximum absolute atomic E-state index is 11.2. The molecule has 0 unspecified atom stereocenters. The third kappa shape index (κ3) is 2.73. The molecule has 0 radical (unpaired) electrons. The summed E-state index contributed by atoms with van der Waals surface area (Å²) in [4.78, 5) is 18.2. The molecule has 0 aliphatic carbocycles. The van der Waals surface area contributed by atoms with E-state index in [4.69, 9.17) is 16.7 Å². The van der Waals surface area contributed by atoms with Gasteiger partial charge in [-0.15, -0.1) is 0 Å². The van der Waals surface area contributed by atoms with Crippen LogP contribution in [0.4, 0.5) is 0 Å². The van der Waals surface area contributed by atoms with E-state index in [0.717, 1.165) is 12.5 Å². The van der Waals surface area contributed by atoms with Crippen molar-refractivity contribution in [3.63, 3.8) is 0 Å². The normalized spacial score (nSPS) is 12.5. The zero-order valence-electron chi connectivity index (χ0n) is 9.43. The van der Waals surface area contributed by atoms with Crippen molar-refractivity contribution in [2.45, 2.75) is 24.4 Å². The largest absolute Gasteiger partial charge is 0.481 e. The van der Waals surface area contributed by atoms with Gasteiger partial charge in [0.25, 0.3) is 0 Å². The highest BCUT2D eigenvalue weighted by molar-refractivity contribution is 7.90. The molecule has 0 saturated carbocycles. The topological polar surface area (TPSA) is 97.2 Å². The molecule has 1 heterocycles. The van der Waals surface area contributed by atoms with E-state index < -0.39 is 26.4 Å². The summed E-state index contributed by atoms with van der Waals surface area (Å²) in [5.74, 6) is -1.10. The van der Waals surface area contributed by atoms with Crippen molar-refractivity contribution in [2.24, 2.45) is 0 Å². The highest BCUT2D eigenvalue weighted by Gasteiger charge is 2.33. The summed E-state index contributed by atoms with van der Waals surface area (Å²) < 4.78 is 22.4. The molecule has 6 nitrogen and oxygen atoms in total. The highest BCUT2D eigenvalue weighted by Crippen LogP contribution is 2.28. The Labute approximate surface area is 104 Å². The van der Waals surface area contributed by atoms with Gasteiger partial charge in [-0.05, 0) is 13.8 Å². The number of aliphatic carboxylic acids is 1. The van der Waals surface area contributed by atoms with Crippen LogP contribution in [0.1, 0.15) is 19.4 Å². The fraction of sp³-hybridized carbons (Fsp3) is 0.444. The van der Waals surface area contributed by atoms with Crippen molar-refractivity contribution in [3.8, 4) is 0 Å². The van der Waals surface area contributed by atoms with Gasteiger partial charge in [0.2, 0.25) is 15.0 Å². The summed E-state index contributed by atoms with van der Waals surface area (Å²) in [6.45, 7) is 2.86. The number of carboxylic acid groups (broad SMARTS) is 1. The zero-order chi connectivity index (χ0) is 13.4. The van der Waals surface area contributed by atoms with Crippen molar-refractivity contribution < 1.29 is 18.3 Å². The number of rotatable bonds is 3. The lowest BCUT2D eigenvalue weighted by atomic mass is 9.87. The molecule has 0 aromatic carbocycles. The molecule has 0 aliphatic rings. The highest BCUT2D eigenvalue weighted by atomic mass is 35.5. The van der Waals surface area contributed by atoms with E-state index in [1.54, 1.807) is 0 Å². The molecule has 0 atom stereocenters. The summed E-state index contributed by atoms with van der Waals surface area (Å²) in [5, 5.41) is 8.42.